The average molecular weight is 370 g/mol. The van der Waals surface area contributed by atoms with Gasteiger partial charge in [-0.05, 0) is 45.4 Å². The van der Waals surface area contributed by atoms with Gasteiger partial charge in [0.15, 0.2) is 5.82 Å². The van der Waals surface area contributed by atoms with E-state index in [0.717, 1.165) is 74.4 Å². The third-order valence-electron chi connectivity index (χ3n) is 6.53. The molecule has 6 heteroatoms. The molecule has 1 saturated heterocycles. The number of aromatic nitrogens is 2. The first-order valence-corrected chi connectivity index (χ1v) is 10.5. The molecule has 146 valence electrons. The summed E-state index contributed by atoms with van der Waals surface area (Å²) in [5.74, 6) is 2.02. The normalized spacial score (nSPS) is 24.1. The van der Waals surface area contributed by atoms with Crippen molar-refractivity contribution in [3.05, 3.63) is 17.1 Å². The van der Waals surface area contributed by atoms with Crippen LogP contribution in [0.5, 0.6) is 0 Å². The Morgan fingerprint density at radius 3 is 2.52 bits per heavy atom. The SMILES string of the molecule is Cc1nc([C@@H]2CCCCN2C(=O)C2CCCCC2)nc2c1CCC(=O)N2C. The molecule has 2 aliphatic heterocycles. The Morgan fingerprint density at radius 1 is 1.00 bits per heavy atom. The molecule has 0 aromatic carbocycles. The number of rotatable bonds is 2. The molecule has 0 bridgehead atoms. The lowest BCUT2D eigenvalue weighted by molar-refractivity contribution is -0.140. The third-order valence-corrected chi connectivity index (χ3v) is 6.53. The predicted molar refractivity (Wildman–Crippen MR) is 103 cm³/mol. The van der Waals surface area contributed by atoms with Crippen molar-refractivity contribution in [2.45, 2.75) is 77.2 Å². The fraction of sp³-hybridized carbons (Fsp3) is 0.714. The first kappa shape index (κ1) is 18.4. The number of hydrogen-bond acceptors (Lipinski definition) is 4. The second-order valence-corrected chi connectivity index (χ2v) is 8.30. The summed E-state index contributed by atoms with van der Waals surface area (Å²) < 4.78 is 0. The number of carbonyl (C=O) groups excluding carboxylic acids is 2. The number of piperidine rings is 1. The van der Waals surface area contributed by atoms with Crippen LogP contribution in [-0.4, -0.2) is 40.3 Å². The second kappa shape index (κ2) is 7.56. The quantitative estimate of drug-likeness (QED) is 0.801. The highest BCUT2D eigenvalue weighted by atomic mass is 16.2. The van der Waals surface area contributed by atoms with E-state index in [1.807, 2.05) is 11.8 Å². The lowest BCUT2D eigenvalue weighted by Crippen LogP contribution is -2.43. The number of carbonyl (C=O) groups is 2. The van der Waals surface area contributed by atoms with E-state index in [1.54, 1.807) is 11.9 Å². The summed E-state index contributed by atoms with van der Waals surface area (Å²) in [6.07, 6.45) is 9.89. The zero-order chi connectivity index (χ0) is 19.0. The minimum absolute atomic E-state index is 0.0531. The van der Waals surface area contributed by atoms with Crippen molar-refractivity contribution in [1.29, 1.82) is 0 Å². The smallest absolute Gasteiger partial charge is 0.228 e. The average Bonchev–Trinajstić information content (AvgIpc) is 2.71. The molecule has 0 N–H and O–H groups in total. The van der Waals surface area contributed by atoms with Crippen LogP contribution in [0.2, 0.25) is 0 Å². The number of nitrogens with zero attached hydrogens (tertiary/aromatic N) is 4. The van der Waals surface area contributed by atoms with Crippen molar-refractivity contribution in [3.63, 3.8) is 0 Å². The van der Waals surface area contributed by atoms with Gasteiger partial charge in [0.1, 0.15) is 5.82 Å². The predicted octanol–water partition coefficient (Wildman–Crippen LogP) is 3.33. The molecule has 1 aromatic heterocycles. The van der Waals surface area contributed by atoms with E-state index in [-0.39, 0.29) is 17.9 Å². The van der Waals surface area contributed by atoms with Crippen molar-refractivity contribution in [2.75, 3.05) is 18.5 Å². The van der Waals surface area contributed by atoms with Gasteiger partial charge < -0.3 is 4.90 Å². The van der Waals surface area contributed by atoms with Gasteiger partial charge >= 0.3 is 0 Å². The van der Waals surface area contributed by atoms with Crippen LogP contribution in [0.1, 0.15) is 80.9 Å². The van der Waals surface area contributed by atoms with Crippen LogP contribution in [0.15, 0.2) is 0 Å². The van der Waals surface area contributed by atoms with Gasteiger partial charge in [-0.25, -0.2) is 9.97 Å². The molecule has 27 heavy (non-hydrogen) atoms. The minimum Gasteiger partial charge on any atom is -0.332 e. The van der Waals surface area contributed by atoms with Crippen molar-refractivity contribution >= 4 is 17.6 Å². The van der Waals surface area contributed by atoms with Gasteiger partial charge in [-0.15, -0.1) is 0 Å². The van der Waals surface area contributed by atoms with E-state index in [9.17, 15) is 9.59 Å². The van der Waals surface area contributed by atoms with Crippen LogP contribution in [0.25, 0.3) is 0 Å². The maximum absolute atomic E-state index is 13.2. The summed E-state index contributed by atoms with van der Waals surface area (Å²) in [6, 6.07) is -0.0531. The van der Waals surface area contributed by atoms with E-state index in [0.29, 0.717) is 18.7 Å². The van der Waals surface area contributed by atoms with Gasteiger partial charge in [-0.1, -0.05) is 19.3 Å². The standard InChI is InChI=1S/C21H30N4O2/c1-14-16-11-12-18(26)24(2)20(16)23-19(22-14)17-10-6-7-13-25(17)21(27)15-8-4-3-5-9-15/h15,17H,3-13H2,1-2H3/t17-/m0/s1. The Labute approximate surface area is 161 Å². The first-order valence-electron chi connectivity index (χ1n) is 10.5. The summed E-state index contributed by atoms with van der Waals surface area (Å²) in [5, 5.41) is 0. The van der Waals surface area contributed by atoms with Gasteiger partial charge in [-0.3, -0.25) is 14.5 Å². The first-order chi connectivity index (χ1) is 13.1. The van der Waals surface area contributed by atoms with Crippen molar-refractivity contribution < 1.29 is 9.59 Å². The Kier molecular flexibility index (Phi) is 5.15. The monoisotopic (exact) mass is 370 g/mol. The maximum Gasteiger partial charge on any atom is 0.228 e. The van der Waals surface area contributed by atoms with Gasteiger partial charge in [0, 0.05) is 37.2 Å². The van der Waals surface area contributed by atoms with E-state index >= 15 is 0 Å². The highest BCUT2D eigenvalue weighted by Crippen LogP contribution is 2.36. The number of aryl methyl sites for hydroxylation is 1. The lowest BCUT2D eigenvalue weighted by Gasteiger charge is -2.38. The van der Waals surface area contributed by atoms with E-state index < -0.39 is 0 Å². The molecule has 0 unspecified atom stereocenters. The molecule has 1 aromatic rings. The minimum atomic E-state index is -0.0531. The number of likely N-dealkylation sites (tertiary alicyclic amines) is 1. The summed E-state index contributed by atoms with van der Waals surface area (Å²) in [5.41, 5.74) is 2.02. The lowest BCUT2D eigenvalue weighted by atomic mass is 9.87. The topological polar surface area (TPSA) is 66.4 Å². The molecule has 3 heterocycles. The van der Waals surface area contributed by atoms with Gasteiger partial charge in [0.25, 0.3) is 0 Å². The van der Waals surface area contributed by atoms with E-state index in [4.69, 9.17) is 9.97 Å². The van der Waals surface area contributed by atoms with Crippen LogP contribution in [-0.2, 0) is 16.0 Å². The van der Waals surface area contributed by atoms with Crippen molar-refractivity contribution in [3.8, 4) is 0 Å². The second-order valence-electron chi connectivity index (χ2n) is 8.30. The van der Waals surface area contributed by atoms with Crippen LogP contribution in [0.4, 0.5) is 5.82 Å². The van der Waals surface area contributed by atoms with Gasteiger partial charge in [0.2, 0.25) is 11.8 Å². The van der Waals surface area contributed by atoms with E-state index in [1.165, 1.54) is 6.42 Å². The molecule has 0 spiro atoms. The summed E-state index contributed by atoms with van der Waals surface area (Å²) >= 11 is 0. The summed E-state index contributed by atoms with van der Waals surface area (Å²) in [7, 11) is 1.79. The van der Waals surface area contributed by atoms with Crippen LogP contribution >= 0.6 is 0 Å². The highest BCUT2D eigenvalue weighted by Gasteiger charge is 2.35. The number of fused-ring (bicyclic) bond motifs is 1. The zero-order valence-electron chi connectivity index (χ0n) is 16.5. The molecular formula is C21H30N4O2. The Bertz CT molecular complexity index is 742. The Balaban J connectivity index is 1.65. The zero-order valence-corrected chi connectivity index (χ0v) is 16.5. The van der Waals surface area contributed by atoms with Crippen LogP contribution < -0.4 is 4.90 Å². The van der Waals surface area contributed by atoms with Crippen LogP contribution in [0, 0.1) is 12.8 Å². The van der Waals surface area contributed by atoms with Crippen molar-refractivity contribution in [2.24, 2.45) is 5.92 Å². The third kappa shape index (κ3) is 3.46. The molecule has 2 fully saturated rings. The highest BCUT2D eigenvalue weighted by molar-refractivity contribution is 5.94. The van der Waals surface area contributed by atoms with Gasteiger partial charge in [-0.2, -0.15) is 0 Å². The molecule has 6 nitrogen and oxygen atoms in total. The van der Waals surface area contributed by atoms with Crippen LogP contribution in [0.3, 0.4) is 0 Å². The molecule has 1 atom stereocenters. The molecule has 0 radical (unpaired) electrons. The molecule has 2 amide bonds. The fourth-order valence-corrected chi connectivity index (χ4v) is 4.89. The number of anilines is 1. The molecule has 3 aliphatic rings. The van der Waals surface area contributed by atoms with E-state index in [2.05, 4.69) is 0 Å². The maximum atomic E-state index is 13.2. The summed E-state index contributed by atoms with van der Waals surface area (Å²) in [4.78, 5) is 38.7. The molecule has 4 rings (SSSR count). The molecule has 1 saturated carbocycles. The Hall–Kier alpha value is -1.98. The largest absolute Gasteiger partial charge is 0.332 e. The molecular weight excluding hydrogens is 340 g/mol. The number of hydrogen-bond donors (Lipinski definition) is 0. The van der Waals surface area contributed by atoms with Gasteiger partial charge in [0.05, 0.1) is 6.04 Å². The molecule has 1 aliphatic carbocycles. The van der Waals surface area contributed by atoms with Crippen molar-refractivity contribution in [1.82, 2.24) is 14.9 Å². The number of amides is 2. The Morgan fingerprint density at radius 2 is 1.74 bits per heavy atom. The fourth-order valence-electron chi connectivity index (χ4n) is 4.89. The summed E-state index contributed by atoms with van der Waals surface area (Å²) in [6.45, 7) is 2.80.